The van der Waals surface area contributed by atoms with Crippen LogP contribution in [-0.2, 0) is 30.7 Å². The molecule has 0 unspecified atom stereocenters. The predicted octanol–water partition coefficient (Wildman–Crippen LogP) is 3.52. The normalized spacial score (nSPS) is 13.3. The van der Waals surface area contributed by atoms with Crippen molar-refractivity contribution < 1.29 is 14.7 Å². The zero-order chi connectivity index (χ0) is 23.5. The third kappa shape index (κ3) is 4.84. The number of nitrogens with one attached hydrogen (secondary N) is 1. The van der Waals surface area contributed by atoms with Gasteiger partial charge in [0.15, 0.2) is 0 Å². The van der Waals surface area contributed by atoms with Crippen LogP contribution < -0.4 is 10.9 Å². The molecule has 2 aromatic heterocycles. The minimum absolute atomic E-state index is 0.141. The number of anilines is 1. The number of thiophene rings is 1. The SMILES string of the molecule is CCN(CC)Cc1nc2sc3c(c2c(=O)n1CC(=O)Nc1ccc(C(=O)O)cc1)CCCC3. The van der Waals surface area contributed by atoms with Crippen molar-refractivity contribution in [1.82, 2.24) is 14.5 Å². The molecule has 0 radical (unpaired) electrons. The lowest BCUT2D eigenvalue weighted by molar-refractivity contribution is -0.116. The molecule has 0 saturated heterocycles. The highest BCUT2D eigenvalue weighted by atomic mass is 32.1. The van der Waals surface area contributed by atoms with Gasteiger partial charge >= 0.3 is 5.97 Å². The number of hydrogen-bond acceptors (Lipinski definition) is 6. The fourth-order valence-corrected chi connectivity index (χ4v) is 5.52. The number of aromatic nitrogens is 2. The summed E-state index contributed by atoms with van der Waals surface area (Å²) < 4.78 is 1.50. The molecule has 8 nitrogen and oxygen atoms in total. The number of carboxylic acids is 1. The van der Waals surface area contributed by atoms with Crippen LogP contribution in [0.3, 0.4) is 0 Å². The van der Waals surface area contributed by atoms with Crippen LogP contribution in [0, 0.1) is 0 Å². The second-order valence-electron chi connectivity index (χ2n) is 8.20. The van der Waals surface area contributed by atoms with Crippen LogP contribution >= 0.6 is 11.3 Å². The monoisotopic (exact) mass is 468 g/mol. The molecule has 2 N–H and O–H groups in total. The second-order valence-corrected chi connectivity index (χ2v) is 9.29. The number of benzene rings is 1. The zero-order valence-corrected chi connectivity index (χ0v) is 19.7. The Morgan fingerprint density at radius 1 is 1.15 bits per heavy atom. The fourth-order valence-electron chi connectivity index (χ4n) is 4.25. The average molecular weight is 469 g/mol. The van der Waals surface area contributed by atoms with Crippen LogP contribution in [0.2, 0.25) is 0 Å². The van der Waals surface area contributed by atoms with Crippen molar-refractivity contribution in [2.45, 2.75) is 52.6 Å². The summed E-state index contributed by atoms with van der Waals surface area (Å²) in [5.74, 6) is -0.795. The van der Waals surface area contributed by atoms with Crippen molar-refractivity contribution in [1.29, 1.82) is 0 Å². The van der Waals surface area contributed by atoms with E-state index in [9.17, 15) is 14.4 Å². The van der Waals surface area contributed by atoms with Crippen LogP contribution in [0.5, 0.6) is 0 Å². The molecule has 4 rings (SSSR count). The Bertz CT molecular complexity index is 1240. The summed E-state index contributed by atoms with van der Waals surface area (Å²) in [7, 11) is 0. The van der Waals surface area contributed by atoms with E-state index < -0.39 is 5.97 Å². The minimum Gasteiger partial charge on any atom is -0.478 e. The Balaban J connectivity index is 1.69. The van der Waals surface area contributed by atoms with E-state index in [4.69, 9.17) is 10.1 Å². The van der Waals surface area contributed by atoms with E-state index in [0.717, 1.165) is 49.2 Å². The topological polar surface area (TPSA) is 105 Å². The Morgan fingerprint density at radius 2 is 1.85 bits per heavy atom. The molecule has 0 aliphatic heterocycles. The van der Waals surface area contributed by atoms with Gasteiger partial charge in [-0.3, -0.25) is 19.1 Å². The highest BCUT2D eigenvalue weighted by molar-refractivity contribution is 7.18. The fraction of sp³-hybridized carbons (Fsp3) is 0.417. The van der Waals surface area contributed by atoms with E-state index in [1.165, 1.54) is 33.7 Å². The number of rotatable bonds is 8. The number of carbonyl (C=O) groups is 2. The quantitative estimate of drug-likeness (QED) is 0.524. The van der Waals surface area contributed by atoms with Crippen molar-refractivity contribution in [2.75, 3.05) is 18.4 Å². The largest absolute Gasteiger partial charge is 0.478 e. The first-order valence-corrected chi connectivity index (χ1v) is 12.1. The maximum atomic E-state index is 13.6. The summed E-state index contributed by atoms with van der Waals surface area (Å²) in [5, 5.41) is 12.5. The summed E-state index contributed by atoms with van der Waals surface area (Å²) >= 11 is 1.61. The molecule has 1 amide bonds. The number of carbonyl (C=O) groups excluding carboxylic acids is 1. The van der Waals surface area contributed by atoms with E-state index >= 15 is 0 Å². The summed E-state index contributed by atoms with van der Waals surface area (Å²) in [5.41, 5.74) is 1.57. The Morgan fingerprint density at radius 3 is 2.52 bits per heavy atom. The predicted molar refractivity (Wildman–Crippen MR) is 129 cm³/mol. The van der Waals surface area contributed by atoms with Gasteiger partial charge in [-0.2, -0.15) is 0 Å². The molecule has 33 heavy (non-hydrogen) atoms. The Kier molecular flexibility index (Phi) is 6.90. The molecule has 1 aromatic carbocycles. The maximum absolute atomic E-state index is 13.6. The van der Waals surface area contributed by atoms with Crippen LogP contribution in [0.15, 0.2) is 29.1 Å². The van der Waals surface area contributed by atoms with E-state index in [1.807, 2.05) is 0 Å². The van der Waals surface area contributed by atoms with Crippen molar-refractivity contribution in [3.05, 3.63) is 56.4 Å². The number of amides is 1. The van der Waals surface area contributed by atoms with Crippen LogP contribution in [0.1, 0.15) is 53.3 Å². The highest BCUT2D eigenvalue weighted by Gasteiger charge is 2.23. The lowest BCUT2D eigenvalue weighted by Gasteiger charge is -2.20. The second kappa shape index (κ2) is 9.84. The van der Waals surface area contributed by atoms with Gasteiger partial charge in [0.25, 0.3) is 5.56 Å². The zero-order valence-electron chi connectivity index (χ0n) is 18.9. The summed E-state index contributed by atoms with van der Waals surface area (Å²) in [4.78, 5) is 46.6. The summed E-state index contributed by atoms with van der Waals surface area (Å²) in [6.45, 7) is 6.08. The molecule has 1 aliphatic rings. The lowest BCUT2D eigenvalue weighted by Crippen LogP contribution is -2.34. The maximum Gasteiger partial charge on any atom is 0.335 e. The molecule has 0 saturated carbocycles. The number of nitrogens with zero attached hydrogens (tertiary/aromatic N) is 3. The first-order chi connectivity index (χ1) is 15.9. The van der Waals surface area contributed by atoms with E-state index in [1.54, 1.807) is 11.3 Å². The van der Waals surface area contributed by atoms with Crippen molar-refractivity contribution >= 4 is 39.1 Å². The molecule has 0 fully saturated rings. The molecular formula is C24H28N4O4S. The molecule has 2 heterocycles. The van der Waals surface area contributed by atoms with Crippen LogP contribution in [0.4, 0.5) is 5.69 Å². The lowest BCUT2D eigenvalue weighted by atomic mass is 9.97. The molecule has 0 bridgehead atoms. The van der Waals surface area contributed by atoms with Gasteiger partial charge in [0.05, 0.1) is 17.5 Å². The van der Waals surface area contributed by atoms with Crippen LogP contribution in [-0.4, -0.2) is 44.5 Å². The number of carboxylic acid groups (broad SMARTS) is 1. The molecule has 174 valence electrons. The number of aromatic carboxylic acids is 1. The summed E-state index contributed by atoms with van der Waals surface area (Å²) in [6, 6.07) is 5.94. The molecule has 0 atom stereocenters. The van der Waals surface area contributed by atoms with Gasteiger partial charge in [-0.1, -0.05) is 13.8 Å². The Hall–Kier alpha value is -3.04. The molecule has 1 aliphatic carbocycles. The first kappa shape index (κ1) is 23.1. The van der Waals surface area contributed by atoms with Crippen LogP contribution in [0.25, 0.3) is 10.2 Å². The van der Waals surface area contributed by atoms with Gasteiger partial charge in [-0.05, 0) is 68.6 Å². The van der Waals surface area contributed by atoms with Crippen molar-refractivity contribution in [3.8, 4) is 0 Å². The molecule has 3 aromatic rings. The number of hydrogen-bond donors (Lipinski definition) is 2. The third-order valence-corrected chi connectivity index (χ3v) is 7.32. The van der Waals surface area contributed by atoms with E-state index in [-0.39, 0.29) is 23.6 Å². The van der Waals surface area contributed by atoms with Crippen molar-refractivity contribution in [2.24, 2.45) is 0 Å². The molecular weight excluding hydrogens is 440 g/mol. The van der Waals surface area contributed by atoms with Crippen molar-refractivity contribution in [3.63, 3.8) is 0 Å². The first-order valence-electron chi connectivity index (χ1n) is 11.3. The van der Waals surface area contributed by atoms with Gasteiger partial charge in [-0.25, -0.2) is 9.78 Å². The Labute approximate surface area is 195 Å². The van der Waals surface area contributed by atoms with Gasteiger partial charge in [0, 0.05) is 10.6 Å². The average Bonchev–Trinajstić information content (AvgIpc) is 3.18. The minimum atomic E-state index is -1.03. The van der Waals surface area contributed by atoms with Gasteiger partial charge < -0.3 is 10.4 Å². The third-order valence-electron chi connectivity index (χ3n) is 6.13. The van der Waals surface area contributed by atoms with Gasteiger partial charge in [0.2, 0.25) is 5.91 Å². The molecule has 0 spiro atoms. The standard InChI is InChI=1S/C24H28N4O4S/c1-3-27(4-2)13-19-26-22-21(17-7-5-6-8-18(17)33-22)23(30)28(19)14-20(29)25-16-11-9-15(10-12-16)24(31)32/h9-12H,3-8,13-14H2,1-2H3,(H,25,29)(H,31,32). The van der Waals surface area contributed by atoms with E-state index in [0.29, 0.717) is 23.4 Å². The number of aryl methyl sites for hydroxylation is 2. The van der Waals surface area contributed by atoms with E-state index in [2.05, 4.69) is 24.1 Å². The summed E-state index contributed by atoms with van der Waals surface area (Å²) in [6.07, 6.45) is 4.05. The number of fused-ring (bicyclic) bond motifs is 3. The molecule has 9 heteroatoms. The smallest absolute Gasteiger partial charge is 0.335 e. The van der Waals surface area contributed by atoms with Gasteiger partial charge in [-0.15, -0.1) is 11.3 Å². The van der Waals surface area contributed by atoms with Gasteiger partial charge in [0.1, 0.15) is 17.2 Å². The highest BCUT2D eigenvalue weighted by Crippen LogP contribution is 2.33.